The first-order valence-electron chi connectivity index (χ1n) is 6.34. The molecule has 1 aliphatic rings. The van der Waals surface area contributed by atoms with Gasteiger partial charge in [0.15, 0.2) is 5.82 Å². The molecule has 0 spiro atoms. The van der Waals surface area contributed by atoms with E-state index in [1.807, 2.05) is 18.2 Å². The third-order valence-corrected chi connectivity index (χ3v) is 4.47. The molecule has 1 aromatic carbocycles. The number of rotatable bonds is 3. The number of aromatic nitrogens is 2. The van der Waals surface area contributed by atoms with Crippen LogP contribution in [0.1, 0.15) is 5.56 Å². The Bertz CT molecular complexity index is 864. The molecular weight excluding hydrogens is 322 g/mol. The number of amidine groups is 1. The molecule has 1 aliphatic heterocycles. The van der Waals surface area contributed by atoms with Gasteiger partial charge >= 0.3 is 0 Å². The minimum atomic E-state index is -3.48. The molecule has 0 unspecified atom stereocenters. The van der Waals surface area contributed by atoms with Crippen molar-refractivity contribution in [1.29, 1.82) is 0 Å². The molecule has 7 nitrogen and oxygen atoms in total. The maximum atomic E-state index is 11.1. The second-order valence-electron chi connectivity index (χ2n) is 4.76. The normalized spacial score (nSPS) is 14.0. The number of sulfonamides is 1. The van der Waals surface area contributed by atoms with Crippen LogP contribution in [0.2, 0.25) is 0 Å². The first kappa shape index (κ1) is 14.8. The molecule has 0 radical (unpaired) electrons. The van der Waals surface area contributed by atoms with Crippen molar-refractivity contribution >= 4 is 39.1 Å². The lowest BCUT2D eigenvalue weighted by atomic mass is 10.1. The van der Waals surface area contributed by atoms with Crippen LogP contribution in [0.5, 0.6) is 0 Å². The Morgan fingerprint density at radius 2 is 2.14 bits per heavy atom. The predicted octanol–water partition coefficient (Wildman–Crippen LogP) is 1.54. The molecule has 9 heteroatoms. The van der Waals surface area contributed by atoms with Crippen molar-refractivity contribution in [1.82, 2.24) is 9.97 Å². The molecule has 114 valence electrons. The highest BCUT2D eigenvalue weighted by Gasteiger charge is 2.17. The summed E-state index contributed by atoms with van der Waals surface area (Å²) in [5, 5.41) is 4.03. The first-order chi connectivity index (χ1) is 10.4. The van der Waals surface area contributed by atoms with Gasteiger partial charge in [-0.3, -0.25) is 0 Å². The van der Waals surface area contributed by atoms with E-state index in [1.165, 1.54) is 11.8 Å². The standard InChI is InChI=1S/C13H13N5O2S2/c1-22(19,20)18-11(14)7-8-2-3-10-9(6-8)17-12-13(21-10)16-5-4-15-12/h2-6H,7H2,1H3,(H2,14,18)(H,15,17). The van der Waals surface area contributed by atoms with Gasteiger partial charge in [0.1, 0.15) is 10.9 Å². The molecule has 0 saturated heterocycles. The van der Waals surface area contributed by atoms with Gasteiger partial charge in [0.05, 0.1) is 11.9 Å². The van der Waals surface area contributed by atoms with Crippen molar-refractivity contribution in [3.05, 3.63) is 36.2 Å². The monoisotopic (exact) mass is 335 g/mol. The highest BCUT2D eigenvalue weighted by Crippen LogP contribution is 2.41. The number of hydrogen-bond donors (Lipinski definition) is 2. The SMILES string of the molecule is CS(=O)(=O)/N=C(\N)Cc1ccc2c(c1)Nc1nccnc1S2. The zero-order chi connectivity index (χ0) is 15.7. The smallest absolute Gasteiger partial charge is 0.251 e. The lowest BCUT2D eigenvalue weighted by molar-refractivity contribution is 0.603. The summed E-state index contributed by atoms with van der Waals surface area (Å²) in [5.41, 5.74) is 7.42. The maximum absolute atomic E-state index is 11.1. The van der Waals surface area contributed by atoms with Gasteiger partial charge in [-0.25, -0.2) is 18.4 Å². The summed E-state index contributed by atoms with van der Waals surface area (Å²) >= 11 is 1.53. The Kier molecular flexibility index (Phi) is 3.75. The first-order valence-corrected chi connectivity index (χ1v) is 9.00. The fourth-order valence-corrected chi connectivity index (χ4v) is 3.41. The van der Waals surface area contributed by atoms with Crippen molar-refractivity contribution < 1.29 is 8.42 Å². The summed E-state index contributed by atoms with van der Waals surface area (Å²) in [6.45, 7) is 0. The molecule has 22 heavy (non-hydrogen) atoms. The number of nitrogens with one attached hydrogen (secondary N) is 1. The summed E-state index contributed by atoms with van der Waals surface area (Å²) in [5.74, 6) is 0.765. The lowest BCUT2D eigenvalue weighted by Crippen LogP contribution is -2.17. The largest absolute Gasteiger partial charge is 0.386 e. The minimum Gasteiger partial charge on any atom is -0.386 e. The van der Waals surface area contributed by atoms with E-state index in [0.717, 1.165) is 27.4 Å². The van der Waals surface area contributed by atoms with Gasteiger partial charge in [-0.1, -0.05) is 17.8 Å². The highest BCUT2D eigenvalue weighted by molar-refractivity contribution is 7.99. The van der Waals surface area contributed by atoms with Gasteiger partial charge < -0.3 is 11.1 Å². The predicted molar refractivity (Wildman–Crippen MR) is 86.0 cm³/mol. The van der Waals surface area contributed by atoms with Crippen LogP contribution in [-0.4, -0.2) is 30.5 Å². The molecule has 2 aromatic rings. The summed E-state index contributed by atoms with van der Waals surface area (Å²) in [6.07, 6.45) is 4.55. The molecule has 1 aromatic heterocycles. The zero-order valence-corrected chi connectivity index (χ0v) is 13.3. The Morgan fingerprint density at radius 3 is 2.91 bits per heavy atom. The Labute approximate surface area is 132 Å². The molecule has 0 saturated carbocycles. The van der Waals surface area contributed by atoms with Crippen LogP contribution in [0.4, 0.5) is 11.5 Å². The van der Waals surface area contributed by atoms with E-state index >= 15 is 0 Å². The Hall–Kier alpha value is -2.13. The average molecular weight is 335 g/mol. The van der Waals surface area contributed by atoms with Crippen LogP contribution in [0.3, 0.4) is 0 Å². The maximum Gasteiger partial charge on any atom is 0.251 e. The third-order valence-electron chi connectivity index (χ3n) is 2.84. The van der Waals surface area contributed by atoms with E-state index in [2.05, 4.69) is 19.7 Å². The molecule has 3 N–H and O–H groups in total. The third kappa shape index (κ3) is 3.37. The van der Waals surface area contributed by atoms with Gasteiger partial charge in [0.2, 0.25) is 0 Å². The average Bonchev–Trinajstić information content (AvgIpc) is 2.43. The quantitative estimate of drug-likeness (QED) is 0.552. The van der Waals surface area contributed by atoms with E-state index in [-0.39, 0.29) is 12.3 Å². The van der Waals surface area contributed by atoms with Crippen molar-refractivity contribution in [2.75, 3.05) is 11.6 Å². The minimum absolute atomic E-state index is 0.0612. The molecule has 0 atom stereocenters. The Balaban J connectivity index is 1.86. The number of nitrogens with zero attached hydrogens (tertiary/aromatic N) is 3. The molecular formula is C13H13N5O2S2. The number of benzene rings is 1. The van der Waals surface area contributed by atoms with Gasteiger partial charge in [0.25, 0.3) is 10.0 Å². The van der Waals surface area contributed by atoms with Crippen LogP contribution < -0.4 is 11.1 Å². The topological polar surface area (TPSA) is 110 Å². The zero-order valence-electron chi connectivity index (χ0n) is 11.6. The Morgan fingerprint density at radius 1 is 1.36 bits per heavy atom. The second-order valence-corrected chi connectivity index (χ2v) is 7.44. The van der Waals surface area contributed by atoms with E-state index in [0.29, 0.717) is 5.82 Å². The molecule has 0 bridgehead atoms. The van der Waals surface area contributed by atoms with Crippen molar-refractivity contribution in [2.24, 2.45) is 10.1 Å². The van der Waals surface area contributed by atoms with Gasteiger partial charge in [0, 0.05) is 23.7 Å². The summed E-state index contributed by atoms with van der Waals surface area (Å²) in [4.78, 5) is 9.52. The van der Waals surface area contributed by atoms with Crippen LogP contribution in [0.15, 0.2) is 44.9 Å². The summed E-state index contributed by atoms with van der Waals surface area (Å²) in [7, 11) is -3.48. The van der Waals surface area contributed by atoms with E-state index in [1.54, 1.807) is 12.4 Å². The van der Waals surface area contributed by atoms with Crippen LogP contribution in [0.25, 0.3) is 0 Å². The van der Waals surface area contributed by atoms with Crippen LogP contribution in [0, 0.1) is 0 Å². The van der Waals surface area contributed by atoms with Crippen molar-refractivity contribution in [3.63, 3.8) is 0 Å². The molecule has 0 amide bonds. The molecule has 0 aliphatic carbocycles. The molecule has 3 rings (SSSR count). The van der Waals surface area contributed by atoms with Gasteiger partial charge in [-0.05, 0) is 17.7 Å². The number of fused-ring (bicyclic) bond motifs is 2. The van der Waals surface area contributed by atoms with Crippen molar-refractivity contribution in [3.8, 4) is 0 Å². The van der Waals surface area contributed by atoms with E-state index in [9.17, 15) is 8.42 Å². The number of anilines is 2. The number of nitrogens with two attached hydrogens (primary N) is 1. The highest BCUT2D eigenvalue weighted by atomic mass is 32.2. The summed E-state index contributed by atoms with van der Waals surface area (Å²) < 4.78 is 25.7. The van der Waals surface area contributed by atoms with Gasteiger partial charge in [-0.15, -0.1) is 0 Å². The molecule has 2 heterocycles. The summed E-state index contributed by atoms with van der Waals surface area (Å²) in [6, 6.07) is 5.73. The lowest BCUT2D eigenvalue weighted by Gasteiger charge is -2.19. The van der Waals surface area contributed by atoms with Gasteiger partial charge in [-0.2, -0.15) is 4.40 Å². The van der Waals surface area contributed by atoms with E-state index < -0.39 is 10.0 Å². The van der Waals surface area contributed by atoms with Crippen LogP contribution in [-0.2, 0) is 16.4 Å². The second kappa shape index (κ2) is 5.58. The van der Waals surface area contributed by atoms with Crippen molar-refractivity contribution in [2.45, 2.75) is 16.3 Å². The molecule has 0 fully saturated rings. The van der Waals surface area contributed by atoms with Crippen LogP contribution >= 0.6 is 11.8 Å². The fourth-order valence-electron chi connectivity index (χ4n) is 2.05. The number of hydrogen-bond acceptors (Lipinski definition) is 6. The van der Waals surface area contributed by atoms with E-state index in [4.69, 9.17) is 5.73 Å². The fraction of sp³-hybridized carbons (Fsp3) is 0.154.